The molecule has 78 valence electrons. The fraction of sp³-hybridized carbons (Fsp3) is 0.200. The Hall–Kier alpha value is -1.62. The van der Waals surface area contributed by atoms with Gasteiger partial charge in [-0.25, -0.2) is 4.79 Å². The van der Waals surface area contributed by atoms with Gasteiger partial charge in [0.15, 0.2) is 6.29 Å². The fourth-order valence-electron chi connectivity index (χ4n) is 1.42. The van der Waals surface area contributed by atoms with Gasteiger partial charge in [0.1, 0.15) is 5.56 Å². The van der Waals surface area contributed by atoms with Gasteiger partial charge in [-0.3, -0.25) is 4.79 Å². The average molecular weight is 223 g/mol. The van der Waals surface area contributed by atoms with Crippen LogP contribution in [0.5, 0.6) is 0 Å². The van der Waals surface area contributed by atoms with E-state index in [-0.39, 0.29) is 0 Å². The Morgan fingerprint density at radius 3 is 3.13 bits per heavy atom. The van der Waals surface area contributed by atoms with E-state index < -0.39 is 5.97 Å². The number of aldehydes is 1. The van der Waals surface area contributed by atoms with Crippen LogP contribution in [0.15, 0.2) is 12.3 Å². The Bertz CT molecular complexity index is 512. The largest absolute Gasteiger partial charge is 0.462 e. The van der Waals surface area contributed by atoms with E-state index in [1.807, 2.05) is 6.07 Å². The first-order valence-electron chi connectivity index (χ1n) is 4.50. The Morgan fingerprint density at radius 2 is 2.47 bits per heavy atom. The van der Waals surface area contributed by atoms with Crippen LogP contribution in [0.2, 0.25) is 0 Å². The van der Waals surface area contributed by atoms with Gasteiger partial charge in [-0.1, -0.05) is 0 Å². The first-order valence-corrected chi connectivity index (χ1v) is 5.31. The van der Waals surface area contributed by atoms with Crippen LogP contribution in [0.25, 0.3) is 10.2 Å². The Balaban J connectivity index is 2.58. The number of aromatic amines is 1. The lowest BCUT2D eigenvalue weighted by Crippen LogP contribution is -2.06. The van der Waals surface area contributed by atoms with Gasteiger partial charge in [0.25, 0.3) is 0 Å². The van der Waals surface area contributed by atoms with Crippen LogP contribution >= 0.6 is 11.3 Å². The second kappa shape index (κ2) is 3.86. The van der Waals surface area contributed by atoms with Crippen LogP contribution in [-0.2, 0) is 4.74 Å². The first kappa shape index (κ1) is 9.92. The maximum absolute atomic E-state index is 11.6. The predicted octanol–water partition coefficient (Wildman–Crippen LogP) is 2.22. The summed E-state index contributed by atoms with van der Waals surface area (Å²) >= 11 is 1.28. The summed E-state index contributed by atoms with van der Waals surface area (Å²) in [5.41, 5.74) is 1.03. The van der Waals surface area contributed by atoms with Crippen molar-refractivity contribution in [1.82, 2.24) is 4.98 Å². The molecule has 0 saturated heterocycles. The van der Waals surface area contributed by atoms with Crippen molar-refractivity contribution in [2.45, 2.75) is 6.92 Å². The minimum absolute atomic E-state index is 0.301. The van der Waals surface area contributed by atoms with E-state index in [9.17, 15) is 9.59 Å². The molecule has 15 heavy (non-hydrogen) atoms. The lowest BCUT2D eigenvalue weighted by molar-refractivity contribution is 0.0527. The number of aromatic nitrogens is 1. The van der Waals surface area contributed by atoms with Gasteiger partial charge in [0.2, 0.25) is 0 Å². The molecule has 0 amide bonds. The van der Waals surface area contributed by atoms with Crippen molar-refractivity contribution in [2.75, 3.05) is 6.61 Å². The standard InChI is InChI=1S/C10H9NO3S/c1-2-14-10(13)8-7(5-12)15-6-3-4-11-9(6)8/h3-5,11H,2H2,1H3. The van der Waals surface area contributed by atoms with E-state index in [4.69, 9.17) is 4.74 Å². The summed E-state index contributed by atoms with van der Waals surface area (Å²) in [5, 5.41) is 0. The topological polar surface area (TPSA) is 59.2 Å². The number of carbonyl (C=O) groups is 2. The van der Waals surface area contributed by atoms with E-state index in [1.165, 1.54) is 11.3 Å². The predicted molar refractivity (Wildman–Crippen MR) is 57.5 cm³/mol. The highest BCUT2D eigenvalue weighted by atomic mass is 32.1. The second-order valence-corrected chi connectivity index (χ2v) is 3.98. The van der Waals surface area contributed by atoms with Crippen molar-refractivity contribution in [3.8, 4) is 0 Å². The summed E-state index contributed by atoms with van der Waals surface area (Å²) in [6.45, 7) is 2.03. The minimum atomic E-state index is -0.451. The molecule has 0 aliphatic heterocycles. The Morgan fingerprint density at radius 1 is 1.67 bits per heavy atom. The third kappa shape index (κ3) is 1.55. The van der Waals surface area contributed by atoms with Gasteiger partial charge in [-0.05, 0) is 13.0 Å². The molecule has 0 radical (unpaired) electrons. The molecule has 0 saturated carbocycles. The summed E-state index contributed by atoms with van der Waals surface area (Å²) in [5.74, 6) is -0.451. The highest BCUT2D eigenvalue weighted by molar-refractivity contribution is 7.21. The zero-order valence-electron chi connectivity index (χ0n) is 8.07. The van der Waals surface area contributed by atoms with Crippen molar-refractivity contribution in [3.05, 3.63) is 22.7 Å². The summed E-state index contributed by atoms with van der Waals surface area (Å²) in [7, 11) is 0. The molecular formula is C10H9NO3S. The summed E-state index contributed by atoms with van der Waals surface area (Å²) < 4.78 is 5.78. The van der Waals surface area contributed by atoms with Crippen LogP contribution in [0, 0.1) is 0 Å². The number of carbonyl (C=O) groups excluding carboxylic acids is 2. The summed E-state index contributed by atoms with van der Waals surface area (Å²) in [6.07, 6.45) is 2.42. The molecule has 0 aliphatic rings. The summed E-state index contributed by atoms with van der Waals surface area (Å²) in [6, 6.07) is 1.83. The average Bonchev–Trinajstić information content (AvgIpc) is 2.75. The highest BCUT2D eigenvalue weighted by Crippen LogP contribution is 2.29. The normalized spacial score (nSPS) is 10.5. The quantitative estimate of drug-likeness (QED) is 0.641. The number of nitrogens with one attached hydrogen (secondary N) is 1. The van der Waals surface area contributed by atoms with Gasteiger partial charge in [0, 0.05) is 6.20 Å². The van der Waals surface area contributed by atoms with Crippen molar-refractivity contribution in [1.29, 1.82) is 0 Å². The fourth-order valence-corrected chi connectivity index (χ4v) is 2.39. The molecule has 4 nitrogen and oxygen atoms in total. The van der Waals surface area contributed by atoms with Gasteiger partial charge in [-0.2, -0.15) is 0 Å². The van der Waals surface area contributed by atoms with Crippen molar-refractivity contribution >= 4 is 33.8 Å². The number of thiophene rings is 1. The molecule has 2 aromatic heterocycles. The van der Waals surface area contributed by atoms with E-state index in [0.29, 0.717) is 28.9 Å². The molecule has 0 spiro atoms. The number of ether oxygens (including phenoxy) is 1. The third-order valence-corrected chi connectivity index (χ3v) is 3.09. The lowest BCUT2D eigenvalue weighted by atomic mass is 10.2. The second-order valence-electron chi connectivity index (χ2n) is 2.90. The first-order chi connectivity index (χ1) is 7.27. The maximum Gasteiger partial charge on any atom is 0.341 e. The number of fused-ring (bicyclic) bond motifs is 1. The van der Waals surface area contributed by atoms with Crippen LogP contribution in [0.1, 0.15) is 27.0 Å². The van der Waals surface area contributed by atoms with Gasteiger partial charge in [0.05, 0.1) is 21.7 Å². The monoisotopic (exact) mass is 223 g/mol. The van der Waals surface area contributed by atoms with Crippen molar-refractivity contribution in [2.24, 2.45) is 0 Å². The SMILES string of the molecule is CCOC(=O)c1c(C=O)sc2cc[nH]c12. The Kier molecular flexibility index (Phi) is 2.55. The van der Waals surface area contributed by atoms with Crippen molar-refractivity contribution in [3.63, 3.8) is 0 Å². The molecule has 0 aromatic carbocycles. The number of hydrogen-bond acceptors (Lipinski definition) is 4. The molecule has 2 aromatic rings. The third-order valence-electron chi connectivity index (χ3n) is 2.01. The van der Waals surface area contributed by atoms with Crippen LogP contribution in [0.4, 0.5) is 0 Å². The number of H-pyrrole nitrogens is 1. The molecule has 0 bridgehead atoms. The van der Waals surface area contributed by atoms with E-state index in [1.54, 1.807) is 13.1 Å². The van der Waals surface area contributed by atoms with E-state index >= 15 is 0 Å². The van der Waals surface area contributed by atoms with E-state index in [2.05, 4.69) is 4.98 Å². The lowest BCUT2D eigenvalue weighted by Gasteiger charge is -1.99. The van der Waals surface area contributed by atoms with Crippen LogP contribution in [-0.4, -0.2) is 23.8 Å². The smallest absolute Gasteiger partial charge is 0.341 e. The maximum atomic E-state index is 11.6. The molecule has 2 heterocycles. The molecule has 5 heteroatoms. The van der Waals surface area contributed by atoms with Gasteiger partial charge >= 0.3 is 5.97 Å². The van der Waals surface area contributed by atoms with Crippen LogP contribution in [0.3, 0.4) is 0 Å². The zero-order chi connectivity index (χ0) is 10.8. The molecule has 0 atom stereocenters. The van der Waals surface area contributed by atoms with Gasteiger partial charge < -0.3 is 9.72 Å². The minimum Gasteiger partial charge on any atom is -0.462 e. The molecule has 1 N–H and O–H groups in total. The number of esters is 1. The Labute approximate surface area is 89.9 Å². The number of hydrogen-bond donors (Lipinski definition) is 1. The number of rotatable bonds is 3. The van der Waals surface area contributed by atoms with Crippen LogP contribution < -0.4 is 0 Å². The molecule has 2 rings (SSSR count). The highest BCUT2D eigenvalue weighted by Gasteiger charge is 2.20. The van der Waals surface area contributed by atoms with Gasteiger partial charge in [-0.15, -0.1) is 11.3 Å². The molecule has 0 unspecified atom stereocenters. The molecule has 0 aliphatic carbocycles. The molecule has 0 fully saturated rings. The van der Waals surface area contributed by atoms with E-state index in [0.717, 1.165) is 4.70 Å². The summed E-state index contributed by atoms with van der Waals surface area (Å²) in [4.78, 5) is 25.7. The molecular weight excluding hydrogens is 214 g/mol. The van der Waals surface area contributed by atoms with Crippen molar-refractivity contribution < 1.29 is 14.3 Å². The zero-order valence-corrected chi connectivity index (χ0v) is 8.89.